The van der Waals surface area contributed by atoms with E-state index in [9.17, 15) is 19.4 Å². The van der Waals surface area contributed by atoms with Crippen molar-refractivity contribution in [2.75, 3.05) is 5.32 Å². The normalized spacial score (nSPS) is 10.9. The van der Waals surface area contributed by atoms with Crippen molar-refractivity contribution >= 4 is 17.2 Å². The van der Waals surface area contributed by atoms with Crippen LogP contribution in [0.25, 0.3) is 5.65 Å². The van der Waals surface area contributed by atoms with Gasteiger partial charge in [0.1, 0.15) is 11.6 Å². The molecule has 7 heteroatoms. The SMILES string of the molecule is Cc1cc(Nc2nc3c(O)cccn3c(=O)c2CO)ccc1F. The molecule has 0 radical (unpaired) electrons. The van der Waals surface area contributed by atoms with Gasteiger partial charge in [-0.05, 0) is 42.8 Å². The van der Waals surface area contributed by atoms with Gasteiger partial charge in [0.05, 0.1) is 12.2 Å². The third-order valence-corrected chi connectivity index (χ3v) is 3.51. The Labute approximate surface area is 130 Å². The van der Waals surface area contributed by atoms with Crippen LogP contribution < -0.4 is 10.9 Å². The molecule has 1 aromatic carbocycles. The molecule has 3 aromatic rings. The average molecular weight is 315 g/mol. The molecule has 0 bridgehead atoms. The summed E-state index contributed by atoms with van der Waals surface area (Å²) in [6.07, 6.45) is 1.45. The number of benzene rings is 1. The number of hydrogen-bond donors (Lipinski definition) is 3. The molecule has 0 amide bonds. The second-order valence-electron chi connectivity index (χ2n) is 5.08. The zero-order chi connectivity index (χ0) is 16.6. The Morgan fingerprint density at radius 1 is 1.35 bits per heavy atom. The largest absolute Gasteiger partial charge is 0.504 e. The van der Waals surface area contributed by atoms with Crippen LogP contribution in [-0.2, 0) is 6.61 Å². The Bertz CT molecular complexity index is 953. The molecule has 23 heavy (non-hydrogen) atoms. The van der Waals surface area contributed by atoms with Gasteiger partial charge in [-0.1, -0.05) is 0 Å². The summed E-state index contributed by atoms with van der Waals surface area (Å²) in [6.45, 7) is 1.09. The second-order valence-corrected chi connectivity index (χ2v) is 5.08. The summed E-state index contributed by atoms with van der Waals surface area (Å²) in [5.41, 5.74) is 0.576. The van der Waals surface area contributed by atoms with Crippen LogP contribution in [0.4, 0.5) is 15.9 Å². The fraction of sp³-hybridized carbons (Fsp3) is 0.125. The predicted molar refractivity (Wildman–Crippen MR) is 83.5 cm³/mol. The van der Waals surface area contributed by atoms with Crippen LogP contribution in [0.3, 0.4) is 0 Å². The molecule has 118 valence electrons. The van der Waals surface area contributed by atoms with E-state index in [1.165, 1.54) is 30.5 Å². The molecule has 0 aliphatic rings. The molecule has 0 saturated heterocycles. The van der Waals surface area contributed by atoms with E-state index in [4.69, 9.17) is 0 Å². The van der Waals surface area contributed by atoms with Crippen LogP contribution in [0.1, 0.15) is 11.1 Å². The summed E-state index contributed by atoms with van der Waals surface area (Å²) in [5.74, 6) is -0.389. The first-order valence-corrected chi connectivity index (χ1v) is 6.88. The van der Waals surface area contributed by atoms with Gasteiger partial charge < -0.3 is 15.5 Å². The van der Waals surface area contributed by atoms with Crippen molar-refractivity contribution in [1.82, 2.24) is 9.38 Å². The maximum absolute atomic E-state index is 13.3. The third kappa shape index (κ3) is 2.62. The van der Waals surface area contributed by atoms with Crippen LogP contribution >= 0.6 is 0 Å². The highest BCUT2D eigenvalue weighted by atomic mass is 19.1. The van der Waals surface area contributed by atoms with E-state index in [2.05, 4.69) is 10.3 Å². The van der Waals surface area contributed by atoms with Crippen molar-refractivity contribution in [3.05, 3.63) is 63.8 Å². The highest BCUT2D eigenvalue weighted by molar-refractivity contribution is 5.64. The summed E-state index contributed by atoms with van der Waals surface area (Å²) < 4.78 is 14.5. The van der Waals surface area contributed by atoms with Gasteiger partial charge in [-0.15, -0.1) is 0 Å². The molecule has 0 atom stereocenters. The van der Waals surface area contributed by atoms with E-state index < -0.39 is 12.2 Å². The summed E-state index contributed by atoms with van der Waals surface area (Å²) in [4.78, 5) is 16.6. The number of pyridine rings is 1. The Morgan fingerprint density at radius 3 is 2.83 bits per heavy atom. The van der Waals surface area contributed by atoms with E-state index >= 15 is 0 Å². The standard InChI is InChI=1S/C16H14FN3O3/c1-9-7-10(4-5-12(9)17)18-14-11(8-21)16(23)20-6-2-3-13(22)15(20)19-14/h2-7,18,21-22H,8H2,1H3. The maximum Gasteiger partial charge on any atom is 0.265 e. The molecule has 0 aliphatic carbocycles. The molecule has 2 aromatic heterocycles. The fourth-order valence-corrected chi connectivity index (χ4v) is 2.29. The molecule has 3 rings (SSSR count). The predicted octanol–water partition coefficient (Wildman–Crippen LogP) is 2.08. The van der Waals surface area contributed by atoms with Gasteiger partial charge in [0.2, 0.25) is 0 Å². The van der Waals surface area contributed by atoms with Gasteiger partial charge in [0.15, 0.2) is 11.4 Å². The molecule has 0 spiro atoms. The monoisotopic (exact) mass is 315 g/mol. The minimum atomic E-state index is -0.521. The molecule has 0 fully saturated rings. The van der Waals surface area contributed by atoms with Crippen LogP contribution in [-0.4, -0.2) is 19.6 Å². The third-order valence-electron chi connectivity index (χ3n) is 3.51. The molecule has 3 N–H and O–H groups in total. The van der Waals surface area contributed by atoms with Crippen LogP contribution in [0.15, 0.2) is 41.3 Å². The van der Waals surface area contributed by atoms with Crippen molar-refractivity contribution in [2.24, 2.45) is 0 Å². The number of aliphatic hydroxyl groups excluding tert-OH is 1. The minimum Gasteiger partial charge on any atom is -0.504 e. The Balaban J connectivity index is 2.18. The van der Waals surface area contributed by atoms with Crippen molar-refractivity contribution in [2.45, 2.75) is 13.5 Å². The number of aryl methyl sites for hydroxylation is 1. The highest BCUT2D eigenvalue weighted by Crippen LogP contribution is 2.22. The number of nitrogens with one attached hydrogen (secondary N) is 1. The number of anilines is 2. The Kier molecular flexibility index (Phi) is 3.71. The van der Waals surface area contributed by atoms with Crippen molar-refractivity contribution in [3.63, 3.8) is 0 Å². The van der Waals surface area contributed by atoms with E-state index in [1.807, 2.05) is 0 Å². The van der Waals surface area contributed by atoms with Crippen LogP contribution in [0, 0.1) is 12.7 Å². The highest BCUT2D eigenvalue weighted by Gasteiger charge is 2.14. The van der Waals surface area contributed by atoms with Crippen molar-refractivity contribution < 1.29 is 14.6 Å². The van der Waals surface area contributed by atoms with Crippen LogP contribution in [0.5, 0.6) is 5.75 Å². The number of aliphatic hydroxyl groups is 1. The summed E-state index contributed by atoms with van der Waals surface area (Å²) in [6, 6.07) is 7.26. The molecular formula is C16H14FN3O3. The fourth-order valence-electron chi connectivity index (χ4n) is 2.29. The second kappa shape index (κ2) is 5.69. The summed E-state index contributed by atoms with van der Waals surface area (Å²) >= 11 is 0. The lowest BCUT2D eigenvalue weighted by molar-refractivity contribution is 0.280. The zero-order valence-corrected chi connectivity index (χ0v) is 12.2. The van der Waals surface area contributed by atoms with Crippen molar-refractivity contribution in [1.29, 1.82) is 0 Å². The summed E-state index contributed by atoms with van der Waals surface area (Å²) in [7, 11) is 0. The summed E-state index contributed by atoms with van der Waals surface area (Å²) in [5, 5.41) is 22.2. The molecule has 6 nitrogen and oxygen atoms in total. The maximum atomic E-state index is 13.3. The Hall–Kier alpha value is -2.93. The number of rotatable bonds is 3. The molecular weight excluding hydrogens is 301 g/mol. The average Bonchev–Trinajstić information content (AvgIpc) is 2.52. The zero-order valence-electron chi connectivity index (χ0n) is 12.2. The molecule has 2 heterocycles. The van der Waals surface area contributed by atoms with Crippen molar-refractivity contribution in [3.8, 4) is 5.75 Å². The lowest BCUT2D eigenvalue weighted by atomic mass is 10.2. The first kappa shape index (κ1) is 15.0. The molecule has 0 saturated carbocycles. The van der Waals surface area contributed by atoms with E-state index in [0.29, 0.717) is 11.3 Å². The Morgan fingerprint density at radius 2 is 2.13 bits per heavy atom. The van der Waals surface area contributed by atoms with Crippen LogP contribution in [0.2, 0.25) is 0 Å². The number of fused-ring (bicyclic) bond motifs is 1. The topological polar surface area (TPSA) is 86.9 Å². The number of nitrogens with zero attached hydrogens (tertiary/aromatic N) is 2. The van der Waals surface area contributed by atoms with E-state index in [1.54, 1.807) is 13.0 Å². The first-order chi connectivity index (χ1) is 11.0. The lowest BCUT2D eigenvalue weighted by Crippen LogP contribution is -2.21. The smallest absolute Gasteiger partial charge is 0.265 e. The van der Waals surface area contributed by atoms with Gasteiger partial charge in [0.25, 0.3) is 5.56 Å². The quantitative estimate of drug-likeness (QED) is 0.689. The molecule has 0 aliphatic heterocycles. The van der Waals surface area contributed by atoms with Gasteiger partial charge in [-0.25, -0.2) is 9.37 Å². The van der Waals surface area contributed by atoms with E-state index in [-0.39, 0.29) is 28.6 Å². The van der Waals surface area contributed by atoms with Gasteiger partial charge in [-0.3, -0.25) is 9.20 Å². The number of halogens is 1. The van der Waals surface area contributed by atoms with Gasteiger partial charge >= 0.3 is 0 Å². The molecule has 0 unspecified atom stereocenters. The lowest BCUT2D eigenvalue weighted by Gasteiger charge is -2.12. The van der Waals surface area contributed by atoms with E-state index in [0.717, 1.165) is 4.40 Å². The first-order valence-electron chi connectivity index (χ1n) is 6.88. The number of aromatic hydroxyl groups is 1. The van der Waals surface area contributed by atoms with Gasteiger partial charge in [-0.2, -0.15) is 0 Å². The van der Waals surface area contributed by atoms with Gasteiger partial charge in [0, 0.05) is 11.9 Å². The minimum absolute atomic E-state index is 0.0510. The number of hydrogen-bond acceptors (Lipinski definition) is 5. The number of aromatic nitrogens is 2.